The van der Waals surface area contributed by atoms with E-state index in [4.69, 9.17) is 16.3 Å². The Kier molecular flexibility index (Phi) is 2.30. The topological polar surface area (TPSA) is 27.1 Å². The SMILES string of the molecule is Cc1nc(Cl)n2c1CCO[C@H](C)C2. The van der Waals surface area contributed by atoms with Crippen molar-refractivity contribution < 1.29 is 4.74 Å². The van der Waals surface area contributed by atoms with E-state index in [1.54, 1.807) is 0 Å². The number of halogens is 1. The molecular weight excluding hydrogens is 188 g/mol. The lowest BCUT2D eigenvalue weighted by Crippen LogP contribution is -2.14. The van der Waals surface area contributed by atoms with E-state index >= 15 is 0 Å². The number of rotatable bonds is 0. The molecule has 2 rings (SSSR count). The van der Waals surface area contributed by atoms with Gasteiger partial charge in [0, 0.05) is 12.1 Å². The first-order valence-electron chi connectivity index (χ1n) is 4.51. The molecule has 0 fully saturated rings. The molecule has 1 aromatic rings. The summed E-state index contributed by atoms with van der Waals surface area (Å²) in [4.78, 5) is 4.24. The molecule has 1 aromatic heterocycles. The molecule has 0 saturated carbocycles. The largest absolute Gasteiger partial charge is 0.376 e. The molecule has 4 heteroatoms. The molecule has 0 unspecified atom stereocenters. The predicted octanol–water partition coefficient (Wildman–Crippen LogP) is 1.81. The predicted molar refractivity (Wildman–Crippen MR) is 51.1 cm³/mol. The van der Waals surface area contributed by atoms with E-state index in [1.807, 2.05) is 6.92 Å². The molecule has 0 spiro atoms. The Morgan fingerprint density at radius 3 is 3.15 bits per heavy atom. The Labute approximate surface area is 82.7 Å². The van der Waals surface area contributed by atoms with E-state index in [0.29, 0.717) is 5.28 Å². The van der Waals surface area contributed by atoms with Crippen LogP contribution in [0.15, 0.2) is 0 Å². The zero-order chi connectivity index (χ0) is 9.42. The number of imidazole rings is 1. The van der Waals surface area contributed by atoms with Crippen LogP contribution in [0.25, 0.3) is 0 Å². The van der Waals surface area contributed by atoms with Gasteiger partial charge in [0.2, 0.25) is 5.28 Å². The lowest BCUT2D eigenvalue weighted by Gasteiger charge is -2.09. The molecule has 0 amide bonds. The highest BCUT2D eigenvalue weighted by atomic mass is 35.5. The standard InChI is InChI=1S/C9H13ClN2O/c1-6-5-12-8(3-4-13-6)7(2)11-9(12)10/h6H,3-5H2,1-2H3/t6-/m1/s1. The number of fused-ring (bicyclic) bond motifs is 1. The Morgan fingerprint density at radius 2 is 2.38 bits per heavy atom. The van der Waals surface area contributed by atoms with Crippen molar-refractivity contribution in [2.24, 2.45) is 0 Å². The second-order valence-electron chi connectivity index (χ2n) is 3.45. The summed E-state index contributed by atoms with van der Waals surface area (Å²) in [5, 5.41) is 0.588. The van der Waals surface area contributed by atoms with Crippen molar-refractivity contribution in [1.82, 2.24) is 9.55 Å². The number of hydrogen-bond donors (Lipinski definition) is 0. The van der Waals surface area contributed by atoms with Crippen LogP contribution in [-0.2, 0) is 17.7 Å². The lowest BCUT2D eigenvalue weighted by atomic mass is 10.3. The van der Waals surface area contributed by atoms with Gasteiger partial charge in [-0.05, 0) is 25.4 Å². The van der Waals surface area contributed by atoms with Crippen LogP contribution in [0.3, 0.4) is 0 Å². The quantitative estimate of drug-likeness (QED) is 0.639. The van der Waals surface area contributed by atoms with E-state index in [1.165, 1.54) is 5.69 Å². The fourth-order valence-corrected chi connectivity index (χ4v) is 2.04. The summed E-state index contributed by atoms with van der Waals surface area (Å²) in [5.74, 6) is 0. The minimum Gasteiger partial charge on any atom is -0.376 e. The normalized spacial score (nSPS) is 22.5. The first-order chi connectivity index (χ1) is 6.18. The fourth-order valence-electron chi connectivity index (χ4n) is 1.74. The summed E-state index contributed by atoms with van der Waals surface area (Å²) < 4.78 is 7.60. The van der Waals surface area contributed by atoms with Gasteiger partial charge in [-0.2, -0.15) is 0 Å². The smallest absolute Gasteiger partial charge is 0.203 e. The molecule has 0 aromatic carbocycles. The number of ether oxygens (including phenoxy) is 1. The summed E-state index contributed by atoms with van der Waals surface area (Å²) in [6.45, 7) is 5.63. The van der Waals surface area contributed by atoms with Crippen LogP contribution < -0.4 is 0 Å². The highest BCUT2D eigenvalue weighted by Gasteiger charge is 2.18. The van der Waals surface area contributed by atoms with Crippen LogP contribution in [0.4, 0.5) is 0 Å². The zero-order valence-corrected chi connectivity index (χ0v) is 8.64. The van der Waals surface area contributed by atoms with Gasteiger partial charge in [-0.1, -0.05) is 0 Å². The molecule has 72 valence electrons. The third kappa shape index (κ3) is 1.58. The molecule has 0 bridgehead atoms. The van der Waals surface area contributed by atoms with Crippen molar-refractivity contribution in [3.05, 3.63) is 16.7 Å². The van der Waals surface area contributed by atoms with Gasteiger partial charge in [-0.25, -0.2) is 4.98 Å². The average Bonchev–Trinajstić information content (AvgIpc) is 2.28. The molecule has 1 aliphatic rings. The maximum Gasteiger partial charge on any atom is 0.203 e. The lowest BCUT2D eigenvalue weighted by molar-refractivity contribution is 0.0664. The maximum absolute atomic E-state index is 6.00. The van der Waals surface area contributed by atoms with Crippen LogP contribution >= 0.6 is 11.6 Å². The van der Waals surface area contributed by atoms with Crippen LogP contribution in [0.1, 0.15) is 18.3 Å². The van der Waals surface area contributed by atoms with Crippen molar-refractivity contribution in [3.8, 4) is 0 Å². The molecule has 1 atom stereocenters. The van der Waals surface area contributed by atoms with Gasteiger partial charge in [0.15, 0.2) is 0 Å². The minimum absolute atomic E-state index is 0.229. The monoisotopic (exact) mass is 200 g/mol. The number of aryl methyl sites for hydroxylation is 1. The Balaban J connectivity index is 2.41. The molecular formula is C9H13ClN2O. The third-order valence-corrected chi connectivity index (χ3v) is 2.70. The molecule has 13 heavy (non-hydrogen) atoms. The zero-order valence-electron chi connectivity index (χ0n) is 7.88. The molecule has 3 nitrogen and oxygen atoms in total. The van der Waals surface area contributed by atoms with Crippen molar-refractivity contribution in [1.29, 1.82) is 0 Å². The maximum atomic E-state index is 6.00. The van der Waals surface area contributed by atoms with E-state index in [2.05, 4.69) is 16.5 Å². The van der Waals surface area contributed by atoms with E-state index in [-0.39, 0.29) is 6.10 Å². The summed E-state index contributed by atoms with van der Waals surface area (Å²) in [6, 6.07) is 0. The third-order valence-electron chi connectivity index (χ3n) is 2.41. The van der Waals surface area contributed by atoms with Crippen LogP contribution in [0, 0.1) is 6.92 Å². The first-order valence-corrected chi connectivity index (χ1v) is 4.89. The molecule has 2 heterocycles. The average molecular weight is 201 g/mol. The molecule has 0 radical (unpaired) electrons. The van der Waals surface area contributed by atoms with Gasteiger partial charge in [0.25, 0.3) is 0 Å². The van der Waals surface area contributed by atoms with Gasteiger partial charge in [-0.3, -0.25) is 0 Å². The van der Waals surface area contributed by atoms with Crippen LogP contribution in [0.5, 0.6) is 0 Å². The Hall–Kier alpha value is -0.540. The highest BCUT2D eigenvalue weighted by molar-refractivity contribution is 6.28. The second-order valence-corrected chi connectivity index (χ2v) is 3.79. The second kappa shape index (κ2) is 3.31. The summed E-state index contributed by atoms with van der Waals surface area (Å²) >= 11 is 6.00. The van der Waals surface area contributed by atoms with Crippen LogP contribution in [0.2, 0.25) is 5.28 Å². The van der Waals surface area contributed by atoms with Gasteiger partial charge >= 0.3 is 0 Å². The van der Waals surface area contributed by atoms with Gasteiger partial charge in [0.05, 0.1) is 24.9 Å². The highest BCUT2D eigenvalue weighted by Crippen LogP contribution is 2.20. The number of nitrogens with zero attached hydrogens (tertiary/aromatic N) is 2. The first kappa shape index (κ1) is 9.03. The van der Waals surface area contributed by atoms with Crippen molar-refractivity contribution >= 4 is 11.6 Å². The summed E-state index contributed by atoms with van der Waals surface area (Å²) in [6.07, 6.45) is 1.14. The number of hydrogen-bond acceptors (Lipinski definition) is 2. The number of aromatic nitrogens is 2. The molecule has 0 aliphatic carbocycles. The Bertz CT molecular complexity index is 322. The molecule has 1 aliphatic heterocycles. The van der Waals surface area contributed by atoms with Crippen molar-refractivity contribution in [2.75, 3.05) is 6.61 Å². The molecule has 0 saturated heterocycles. The van der Waals surface area contributed by atoms with Gasteiger partial charge in [0.1, 0.15) is 0 Å². The fraction of sp³-hybridized carbons (Fsp3) is 0.667. The van der Waals surface area contributed by atoms with Crippen LogP contribution in [-0.4, -0.2) is 22.3 Å². The minimum atomic E-state index is 0.229. The van der Waals surface area contributed by atoms with Gasteiger partial charge in [-0.15, -0.1) is 0 Å². The molecule has 0 N–H and O–H groups in total. The summed E-state index contributed by atoms with van der Waals surface area (Å²) in [7, 11) is 0. The van der Waals surface area contributed by atoms with Crippen molar-refractivity contribution in [3.63, 3.8) is 0 Å². The van der Waals surface area contributed by atoms with Crippen molar-refractivity contribution in [2.45, 2.75) is 32.9 Å². The van der Waals surface area contributed by atoms with E-state index in [9.17, 15) is 0 Å². The summed E-state index contributed by atoms with van der Waals surface area (Å²) in [5.41, 5.74) is 2.25. The van der Waals surface area contributed by atoms with Gasteiger partial charge < -0.3 is 9.30 Å². The van der Waals surface area contributed by atoms with E-state index in [0.717, 1.165) is 25.3 Å². The van der Waals surface area contributed by atoms with E-state index < -0.39 is 0 Å². The Morgan fingerprint density at radius 1 is 1.62 bits per heavy atom.